The number of nitrogens with zero attached hydrogens (tertiary/aromatic N) is 2. The van der Waals surface area contributed by atoms with Crippen LogP contribution >= 0.6 is 0 Å². The molecule has 0 aliphatic heterocycles. The number of benzene rings is 2. The number of hydrogen-bond acceptors (Lipinski definition) is 3. The fourth-order valence-corrected chi connectivity index (χ4v) is 3.07. The van der Waals surface area contributed by atoms with E-state index in [9.17, 15) is 0 Å². The van der Waals surface area contributed by atoms with E-state index in [4.69, 9.17) is 10.5 Å². The molecular formula is C21H21N3O. The van der Waals surface area contributed by atoms with E-state index < -0.39 is 0 Å². The van der Waals surface area contributed by atoms with Gasteiger partial charge in [0.15, 0.2) is 0 Å². The van der Waals surface area contributed by atoms with E-state index in [-0.39, 0.29) is 0 Å². The van der Waals surface area contributed by atoms with Crippen LogP contribution in [0.25, 0.3) is 21.8 Å². The van der Waals surface area contributed by atoms with Crippen LogP contribution in [0.4, 0.5) is 0 Å². The van der Waals surface area contributed by atoms with Crippen LogP contribution in [0.1, 0.15) is 12.1 Å². The van der Waals surface area contributed by atoms with Gasteiger partial charge in [-0.15, -0.1) is 0 Å². The fourth-order valence-electron chi connectivity index (χ4n) is 3.07. The van der Waals surface area contributed by atoms with Gasteiger partial charge in [-0.05, 0) is 49.4 Å². The van der Waals surface area contributed by atoms with Crippen molar-refractivity contribution in [2.24, 2.45) is 5.73 Å². The minimum atomic E-state index is 0.463. The molecule has 0 bridgehead atoms. The van der Waals surface area contributed by atoms with Crippen LogP contribution in [0, 0.1) is 0 Å². The third-order valence-electron chi connectivity index (χ3n) is 4.39. The molecule has 4 aromatic rings. The highest BCUT2D eigenvalue weighted by atomic mass is 16.5. The van der Waals surface area contributed by atoms with Crippen LogP contribution in [0.15, 0.2) is 66.9 Å². The van der Waals surface area contributed by atoms with E-state index in [1.807, 2.05) is 30.3 Å². The highest BCUT2D eigenvalue weighted by molar-refractivity contribution is 5.81. The van der Waals surface area contributed by atoms with Gasteiger partial charge in [-0.2, -0.15) is 0 Å². The average molecular weight is 331 g/mol. The Labute approximate surface area is 146 Å². The lowest BCUT2D eigenvalue weighted by Gasteiger charge is -2.08. The maximum Gasteiger partial charge on any atom is 0.130 e. The average Bonchev–Trinajstić information content (AvgIpc) is 3.06. The molecule has 25 heavy (non-hydrogen) atoms. The van der Waals surface area contributed by atoms with Crippen molar-refractivity contribution in [1.29, 1.82) is 0 Å². The third-order valence-corrected chi connectivity index (χ3v) is 4.39. The Kier molecular flexibility index (Phi) is 4.36. The first-order valence-corrected chi connectivity index (χ1v) is 8.60. The van der Waals surface area contributed by atoms with Gasteiger partial charge in [-0.25, -0.2) is 4.98 Å². The number of aryl methyl sites for hydroxylation is 1. The predicted molar refractivity (Wildman–Crippen MR) is 102 cm³/mol. The number of ether oxygens (including phenoxy) is 1. The molecular weight excluding hydrogens is 310 g/mol. The van der Waals surface area contributed by atoms with Crippen molar-refractivity contribution in [3.63, 3.8) is 0 Å². The highest BCUT2D eigenvalue weighted by Gasteiger charge is 2.04. The smallest absolute Gasteiger partial charge is 0.130 e. The van der Waals surface area contributed by atoms with Crippen molar-refractivity contribution >= 4 is 21.8 Å². The normalized spacial score (nSPS) is 11.2. The number of aromatic nitrogens is 2. The van der Waals surface area contributed by atoms with Crippen LogP contribution in [0.2, 0.25) is 0 Å². The summed E-state index contributed by atoms with van der Waals surface area (Å²) in [6, 6.07) is 20.5. The zero-order chi connectivity index (χ0) is 17.1. The molecule has 2 aromatic heterocycles. The van der Waals surface area contributed by atoms with Gasteiger partial charge >= 0.3 is 0 Å². The van der Waals surface area contributed by atoms with E-state index in [0.29, 0.717) is 13.2 Å². The van der Waals surface area contributed by atoms with E-state index in [2.05, 4.69) is 46.1 Å². The first kappa shape index (κ1) is 15.7. The molecule has 4 nitrogen and oxygen atoms in total. The van der Waals surface area contributed by atoms with Gasteiger partial charge in [0.25, 0.3) is 0 Å². The number of nitrogens with two attached hydrogens (primary N) is 1. The summed E-state index contributed by atoms with van der Waals surface area (Å²) >= 11 is 0. The lowest BCUT2D eigenvalue weighted by atomic mass is 10.2. The van der Waals surface area contributed by atoms with Gasteiger partial charge in [0.1, 0.15) is 12.4 Å². The van der Waals surface area contributed by atoms with E-state index >= 15 is 0 Å². The molecule has 2 heterocycles. The van der Waals surface area contributed by atoms with Crippen molar-refractivity contribution in [2.45, 2.75) is 19.6 Å². The van der Waals surface area contributed by atoms with E-state index in [0.717, 1.165) is 35.3 Å². The Hall–Kier alpha value is -2.85. The second-order valence-corrected chi connectivity index (χ2v) is 6.16. The lowest BCUT2D eigenvalue weighted by Crippen LogP contribution is -2.04. The van der Waals surface area contributed by atoms with Crippen molar-refractivity contribution in [1.82, 2.24) is 9.55 Å². The first-order chi connectivity index (χ1) is 12.3. The number of rotatable bonds is 6. The van der Waals surface area contributed by atoms with Crippen LogP contribution in [-0.4, -0.2) is 16.1 Å². The Morgan fingerprint density at radius 3 is 2.80 bits per heavy atom. The van der Waals surface area contributed by atoms with Gasteiger partial charge in [-0.3, -0.25) is 0 Å². The maximum absolute atomic E-state index is 5.95. The van der Waals surface area contributed by atoms with Crippen LogP contribution in [-0.2, 0) is 13.2 Å². The highest BCUT2D eigenvalue weighted by Crippen LogP contribution is 2.23. The molecule has 0 spiro atoms. The molecule has 0 amide bonds. The minimum Gasteiger partial charge on any atom is -0.487 e. The number of para-hydroxylation sites is 1. The molecule has 0 fully saturated rings. The Morgan fingerprint density at radius 1 is 0.960 bits per heavy atom. The molecule has 0 atom stereocenters. The summed E-state index contributed by atoms with van der Waals surface area (Å²) < 4.78 is 8.18. The van der Waals surface area contributed by atoms with Gasteiger partial charge in [0.05, 0.1) is 11.2 Å². The molecule has 0 aliphatic rings. The number of hydrogen-bond donors (Lipinski definition) is 1. The lowest BCUT2D eigenvalue weighted by molar-refractivity contribution is 0.302. The quantitative estimate of drug-likeness (QED) is 0.578. The summed E-state index contributed by atoms with van der Waals surface area (Å²) in [5.74, 6) is 0.860. The molecule has 4 rings (SSSR count). The van der Waals surface area contributed by atoms with Crippen molar-refractivity contribution in [2.75, 3.05) is 6.54 Å². The number of fused-ring (bicyclic) bond motifs is 2. The van der Waals surface area contributed by atoms with Crippen LogP contribution < -0.4 is 10.5 Å². The van der Waals surface area contributed by atoms with Crippen molar-refractivity contribution in [3.8, 4) is 5.75 Å². The molecule has 0 unspecified atom stereocenters. The third kappa shape index (κ3) is 3.35. The van der Waals surface area contributed by atoms with Crippen LogP contribution in [0.3, 0.4) is 0 Å². The van der Waals surface area contributed by atoms with Gasteiger partial charge in [0, 0.05) is 29.0 Å². The topological polar surface area (TPSA) is 53.1 Å². The van der Waals surface area contributed by atoms with E-state index in [1.165, 1.54) is 10.9 Å². The summed E-state index contributed by atoms with van der Waals surface area (Å²) in [5.41, 5.74) is 8.74. The van der Waals surface area contributed by atoms with Crippen LogP contribution in [0.5, 0.6) is 5.75 Å². The SMILES string of the molecule is NCCCn1ccc2cc(OCc3ccc4ccccc4n3)ccc21. The summed E-state index contributed by atoms with van der Waals surface area (Å²) in [6.45, 7) is 2.12. The van der Waals surface area contributed by atoms with Crippen molar-refractivity contribution < 1.29 is 4.74 Å². The Balaban J connectivity index is 1.50. The van der Waals surface area contributed by atoms with E-state index in [1.54, 1.807) is 0 Å². The zero-order valence-electron chi connectivity index (χ0n) is 14.1. The molecule has 2 aromatic carbocycles. The standard InChI is InChI=1S/C21H21N3O/c22-11-3-12-24-13-10-17-14-19(8-9-21(17)24)25-15-18-7-6-16-4-1-2-5-20(16)23-18/h1-2,4-10,13-14H,3,11-12,15,22H2. The summed E-state index contributed by atoms with van der Waals surface area (Å²) in [6.07, 6.45) is 3.09. The van der Waals surface area contributed by atoms with Crippen molar-refractivity contribution in [3.05, 3.63) is 72.6 Å². The molecule has 4 heteroatoms. The largest absolute Gasteiger partial charge is 0.487 e. The second-order valence-electron chi connectivity index (χ2n) is 6.16. The molecule has 0 aliphatic carbocycles. The molecule has 126 valence electrons. The molecule has 0 radical (unpaired) electrons. The first-order valence-electron chi connectivity index (χ1n) is 8.60. The van der Waals surface area contributed by atoms with Gasteiger partial charge in [0.2, 0.25) is 0 Å². The number of pyridine rings is 1. The monoisotopic (exact) mass is 331 g/mol. The summed E-state index contributed by atoms with van der Waals surface area (Å²) in [5, 5.41) is 2.33. The zero-order valence-corrected chi connectivity index (χ0v) is 14.1. The summed E-state index contributed by atoms with van der Waals surface area (Å²) in [7, 11) is 0. The molecule has 0 saturated carbocycles. The summed E-state index contributed by atoms with van der Waals surface area (Å²) in [4.78, 5) is 4.65. The Bertz CT molecular complexity index is 1010. The maximum atomic E-state index is 5.95. The van der Waals surface area contributed by atoms with Gasteiger partial charge < -0.3 is 15.0 Å². The molecule has 0 saturated heterocycles. The Morgan fingerprint density at radius 2 is 1.88 bits per heavy atom. The minimum absolute atomic E-state index is 0.463. The van der Waals surface area contributed by atoms with Gasteiger partial charge in [-0.1, -0.05) is 24.3 Å². The fraction of sp³-hybridized carbons (Fsp3) is 0.190. The predicted octanol–water partition coefficient (Wildman–Crippen LogP) is 4.12. The molecule has 2 N–H and O–H groups in total. The second kappa shape index (κ2) is 6.95.